The Balaban J connectivity index is 1.59. The monoisotopic (exact) mass is 297 g/mol. The number of benzene rings is 2. The van der Waals surface area contributed by atoms with E-state index >= 15 is 0 Å². The highest BCUT2D eigenvalue weighted by molar-refractivity contribution is 5.78. The molecule has 0 saturated carbocycles. The second-order valence-electron chi connectivity index (χ2n) is 5.32. The van der Waals surface area contributed by atoms with Gasteiger partial charge in [0.15, 0.2) is 0 Å². The van der Waals surface area contributed by atoms with E-state index in [1.54, 1.807) is 7.11 Å². The molecule has 2 aromatic carbocycles. The summed E-state index contributed by atoms with van der Waals surface area (Å²) in [6, 6.07) is 18.0. The van der Waals surface area contributed by atoms with Crippen molar-refractivity contribution in [1.82, 2.24) is 5.32 Å². The summed E-state index contributed by atoms with van der Waals surface area (Å²) in [6.45, 7) is 0.738. The fourth-order valence-electron chi connectivity index (χ4n) is 2.32. The molecule has 2 aromatic rings. The molecule has 2 rings (SSSR count). The Morgan fingerprint density at radius 3 is 2.36 bits per heavy atom. The van der Waals surface area contributed by atoms with Gasteiger partial charge in [-0.05, 0) is 42.5 Å². The van der Waals surface area contributed by atoms with Crippen molar-refractivity contribution < 1.29 is 9.53 Å². The van der Waals surface area contributed by atoms with Crippen LogP contribution in [0.25, 0.3) is 0 Å². The van der Waals surface area contributed by atoms with Gasteiger partial charge >= 0.3 is 0 Å². The lowest BCUT2D eigenvalue weighted by Crippen LogP contribution is -2.26. The first-order valence-electron chi connectivity index (χ1n) is 7.71. The number of rotatable bonds is 8. The van der Waals surface area contributed by atoms with Crippen molar-refractivity contribution in [1.29, 1.82) is 0 Å². The van der Waals surface area contributed by atoms with Crippen molar-refractivity contribution in [2.75, 3.05) is 13.7 Å². The highest BCUT2D eigenvalue weighted by atomic mass is 16.5. The Labute approximate surface area is 132 Å². The third-order valence-electron chi connectivity index (χ3n) is 3.58. The molecule has 0 heterocycles. The first-order chi connectivity index (χ1) is 10.8. The second-order valence-corrected chi connectivity index (χ2v) is 5.32. The maximum absolute atomic E-state index is 11.8. The number of carbonyl (C=O) groups is 1. The highest BCUT2D eigenvalue weighted by Gasteiger charge is 2.02. The third-order valence-corrected chi connectivity index (χ3v) is 3.58. The normalized spacial score (nSPS) is 10.2. The van der Waals surface area contributed by atoms with Gasteiger partial charge in [-0.3, -0.25) is 4.79 Å². The van der Waals surface area contributed by atoms with Gasteiger partial charge in [0.2, 0.25) is 5.91 Å². The maximum Gasteiger partial charge on any atom is 0.224 e. The lowest BCUT2D eigenvalue weighted by atomic mass is 10.1. The number of carbonyl (C=O) groups excluding carboxylic acids is 1. The molecule has 0 unspecified atom stereocenters. The number of hydrogen-bond acceptors (Lipinski definition) is 2. The standard InChI is InChI=1S/C19H23NO2/c1-22-18-12-10-16(11-13-18)7-5-6-14-20-19(21)15-17-8-3-2-4-9-17/h2-4,8-13H,5-7,14-15H2,1H3,(H,20,21). The molecule has 0 aliphatic carbocycles. The Bertz CT molecular complexity index is 564. The van der Waals surface area contributed by atoms with Gasteiger partial charge in [0.25, 0.3) is 0 Å². The van der Waals surface area contributed by atoms with Crippen molar-refractivity contribution in [3.8, 4) is 5.75 Å². The predicted molar refractivity (Wildman–Crippen MR) is 89.1 cm³/mol. The first kappa shape index (κ1) is 16.1. The van der Waals surface area contributed by atoms with E-state index in [0.29, 0.717) is 6.42 Å². The Hall–Kier alpha value is -2.29. The number of ether oxygens (including phenoxy) is 1. The van der Waals surface area contributed by atoms with Crippen LogP contribution in [-0.2, 0) is 17.6 Å². The average Bonchev–Trinajstić information content (AvgIpc) is 2.56. The molecule has 0 aliphatic rings. The molecule has 22 heavy (non-hydrogen) atoms. The molecular formula is C19H23NO2. The van der Waals surface area contributed by atoms with E-state index in [4.69, 9.17) is 4.74 Å². The van der Waals surface area contributed by atoms with Crippen molar-refractivity contribution in [2.24, 2.45) is 0 Å². The van der Waals surface area contributed by atoms with Gasteiger partial charge in [-0.1, -0.05) is 42.5 Å². The van der Waals surface area contributed by atoms with Gasteiger partial charge in [-0.2, -0.15) is 0 Å². The zero-order valence-corrected chi connectivity index (χ0v) is 13.0. The number of hydrogen-bond donors (Lipinski definition) is 1. The van der Waals surface area contributed by atoms with Crippen molar-refractivity contribution in [3.05, 3.63) is 65.7 Å². The topological polar surface area (TPSA) is 38.3 Å². The molecule has 0 atom stereocenters. The van der Waals surface area contributed by atoms with E-state index in [1.165, 1.54) is 5.56 Å². The van der Waals surface area contributed by atoms with Gasteiger partial charge in [-0.25, -0.2) is 0 Å². The average molecular weight is 297 g/mol. The minimum absolute atomic E-state index is 0.0932. The summed E-state index contributed by atoms with van der Waals surface area (Å²) in [7, 11) is 1.67. The smallest absolute Gasteiger partial charge is 0.224 e. The van der Waals surface area contributed by atoms with Crippen LogP contribution in [0.1, 0.15) is 24.0 Å². The molecule has 0 bridgehead atoms. The fraction of sp³-hybridized carbons (Fsp3) is 0.316. The molecule has 1 N–H and O–H groups in total. The van der Waals surface area contributed by atoms with E-state index in [0.717, 1.165) is 37.1 Å². The van der Waals surface area contributed by atoms with Crippen molar-refractivity contribution in [2.45, 2.75) is 25.7 Å². The van der Waals surface area contributed by atoms with Gasteiger partial charge in [0.1, 0.15) is 5.75 Å². The molecule has 0 aromatic heterocycles. The molecule has 116 valence electrons. The minimum Gasteiger partial charge on any atom is -0.497 e. The highest BCUT2D eigenvalue weighted by Crippen LogP contribution is 2.13. The summed E-state index contributed by atoms with van der Waals surface area (Å²) in [5, 5.41) is 2.98. The van der Waals surface area contributed by atoms with E-state index < -0.39 is 0 Å². The molecule has 0 fully saturated rings. The maximum atomic E-state index is 11.8. The molecule has 0 radical (unpaired) electrons. The fourth-order valence-corrected chi connectivity index (χ4v) is 2.32. The van der Waals surface area contributed by atoms with Crippen molar-refractivity contribution >= 4 is 5.91 Å². The molecule has 1 amide bonds. The van der Waals surface area contributed by atoms with Gasteiger partial charge in [0, 0.05) is 6.54 Å². The molecule has 0 aliphatic heterocycles. The van der Waals surface area contributed by atoms with Crippen LogP contribution in [0, 0.1) is 0 Å². The number of amides is 1. The molecule has 0 saturated heterocycles. The summed E-state index contributed by atoms with van der Waals surface area (Å²) in [5.74, 6) is 0.979. The van der Waals surface area contributed by atoms with Gasteiger partial charge in [0.05, 0.1) is 13.5 Å². The lowest BCUT2D eigenvalue weighted by molar-refractivity contribution is -0.120. The van der Waals surface area contributed by atoms with E-state index in [1.807, 2.05) is 42.5 Å². The van der Waals surface area contributed by atoms with Crippen LogP contribution in [0.4, 0.5) is 0 Å². The number of aryl methyl sites for hydroxylation is 1. The van der Waals surface area contributed by atoms with E-state index in [-0.39, 0.29) is 5.91 Å². The summed E-state index contributed by atoms with van der Waals surface area (Å²) >= 11 is 0. The van der Waals surface area contributed by atoms with Crippen LogP contribution in [0.2, 0.25) is 0 Å². The summed E-state index contributed by atoms with van der Waals surface area (Å²) in [6.07, 6.45) is 3.54. The van der Waals surface area contributed by atoms with Crippen LogP contribution in [0.3, 0.4) is 0 Å². The van der Waals surface area contributed by atoms with Gasteiger partial charge in [-0.15, -0.1) is 0 Å². The summed E-state index contributed by atoms with van der Waals surface area (Å²) in [5.41, 5.74) is 2.36. The first-order valence-corrected chi connectivity index (χ1v) is 7.71. The van der Waals surface area contributed by atoms with E-state index in [2.05, 4.69) is 17.4 Å². The lowest BCUT2D eigenvalue weighted by Gasteiger charge is -2.06. The van der Waals surface area contributed by atoms with Crippen LogP contribution in [0.5, 0.6) is 5.75 Å². The van der Waals surface area contributed by atoms with Crippen LogP contribution in [0.15, 0.2) is 54.6 Å². The van der Waals surface area contributed by atoms with Crippen LogP contribution < -0.4 is 10.1 Å². The zero-order chi connectivity index (χ0) is 15.6. The van der Waals surface area contributed by atoms with Crippen LogP contribution >= 0.6 is 0 Å². The molecule has 3 nitrogen and oxygen atoms in total. The summed E-state index contributed by atoms with van der Waals surface area (Å²) < 4.78 is 5.14. The second kappa shape index (κ2) is 8.88. The van der Waals surface area contributed by atoms with Crippen LogP contribution in [-0.4, -0.2) is 19.6 Å². The Morgan fingerprint density at radius 2 is 1.68 bits per heavy atom. The number of nitrogens with one attached hydrogen (secondary N) is 1. The Morgan fingerprint density at radius 1 is 0.955 bits per heavy atom. The quantitative estimate of drug-likeness (QED) is 0.759. The SMILES string of the molecule is COc1ccc(CCCCNC(=O)Cc2ccccc2)cc1. The zero-order valence-electron chi connectivity index (χ0n) is 13.0. The predicted octanol–water partition coefficient (Wildman–Crippen LogP) is 3.38. The van der Waals surface area contributed by atoms with Crippen molar-refractivity contribution in [3.63, 3.8) is 0 Å². The Kier molecular flexibility index (Phi) is 6.49. The molecular weight excluding hydrogens is 274 g/mol. The molecule has 3 heteroatoms. The number of methoxy groups -OCH3 is 1. The number of unbranched alkanes of at least 4 members (excludes halogenated alkanes) is 1. The molecule has 0 spiro atoms. The van der Waals surface area contributed by atoms with Gasteiger partial charge < -0.3 is 10.1 Å². The largest absolute Gasteiger partial charge is 0.497 e. The third kappa shape index (κ3) is 5.60. The summed E-state index contributed by atoms with van der Waals surface area (Å²) in [4.78, 5) is 11.8. The van der Waals surface area contributed by atoms with E-state index in [9.17, 15) is 4.79 Å². The minimum atomic E-state index is 0.0932.